The van der Waals surface area contributed by atoms with E-state index in [1.165, 1.54) is 34.4 Å². The molecule has 0 saturated carbocycles. The Bertz CT molecular complexity index is 1220. The lowest BCUT2D eigenvalue weighted by Gasteiger charge is -2.34. The standard InChI is InChI=1S/C20H18ClF3N4O2S2/c21-19-16(4-5-17(20(19)24)32(29,30)27-18-10-31-11-26-18)25-6-14-12(2-1-3-15(14)23)7-28-8-13(22)9-28/h1-5,10-11,13,25,27H,6-9H2. The summed E-state index contributed by atoms with van der Waals surface area (Å²) in [4.78, 5) is 5.03. The molecule has 0 radical (unpaired) electrons. The van der Waals surface area contributed by atoms with Crippen LogP contribution in [-0.2, 0) is 23.1 Å². The average Bonchev–Trinajstić information content (AvgIpc) is 3.21. The number of aromatic nitrogens is 1. The highest BCUT2D eigenvalue weighted by atomic mass is 35.5. The van der Waals surface area contributed by atoms with E-state index >= 15 is 0 Å². The van der Waals surface area contributed by atoms with Gasteiger partial charge in [0.2, 0.25) is 0 Å². The van der Waals surface area contributed by atoms with Gasteiger partial charge in [-0.1, -0.05) is 23.7 Å². The number of benzene rings is 2. The molecule has 0 bridgehead atoms. The number of nitrogens with one attached hydrogen (secondary N) is 2. The minimum absolute atomic E-state index is 0.0166. The number of sulfonamides is 1. The van der Waals surface area contributed by atoms with E-state index in [-0.39, 0.29) is 18.1 Å². The highest BCUT2D eigenvalue weighted by Gasteiger charge is 2.27. The molecule has 0 aliphatic carbocycles. The van der Waals surface area contributed by atoms with Crippen molar-refractivity contribution in [2.24, 2.45) is 0 Å². The molecule has 1 saturated heterocycles. The predicted molar refractivity (Wildman–Crippen MR) is 118 cm³/mol. The Morgan fingerprint density at radius 2 is 2.00 bits per heavy atom. The van der Waals surface area contributed by atoms with Crippen molar-refractivity contribution in [3.8, 4) is 0 Å². The summed E-state index contributed by atoms with van der Waals surface area (Å²) >= 11 is 7.26. The van der Waals surface area contributed by atoms with Crippen LogP contribution in [0.4, 0.5) is 24.7 Å². The molecule has 2 aromatic carbocycles. The third-order valence-electron chi connectivity index (χ3n) is 4.99. The molecule has 6 nitrogen and oxygen atoms in total. The first-order valence-corrected chi connectivity index (χ1v) is 12.3. The zero-order chi connectivity index (χ0) is 22.9. The zero-order valence-corrected chi connectivity index (χ0v) is 18.9. The number of nitrogens with zero attached hydrogens (tertiary/aromatic N) is 2. The van der Waals surface area contributed by atoms with Gasteiger partial charge in [0.25, 0.3) is 10.0 Å². The minimum Gasteiger partial charge on any atom is -0.380 e. The second-order valence-electron chi connectivity index (χ2n) is 7.24. The molecule has 1 aromatic heterocycles. The summed E-state index contributed by atoms with van der Waals surface area (Å²) in [6, 6.07) is 7.00. The van der Waals surface area contributed by atoms with Crippen molar-refractivity contribution in [1.29, 1.82) is 0 Å². The lowest BCUT2D eigenvalue weighted by molar-refractivity contribution is 0.0588. The van der Waals surface area contributed by atoms with Crippen LogP contribution in [0.15, 0.2) is 46.1 Å². The van der Waals surface area contributed by atoms with Crippen LogP contribution in [0.2, 0.25) is 5.02 Å². The van der Waals surface area contributed by atoms with Crippen molar-refractivity contribution in [2.45, 2.75) is 24.2 Å². The molecule has 0 amide bonds. The maximum absolute atomic E-state index is 14.8. The number of halogens is 4. The third-order valence-corrected chi connectivity index (χ3v) is 7.31. The van der Waals surface area contributed by atoms with Gasteiger partial charge in [-0.25, -0.2) is 26.6 Å². The molecule has 2 heterocycles. The first-order chi connectivity index (χ1) is 15.2. The molecule has 0 unspecified atom stereocenters. The summed E-state index contributed by atoms with van der Waals surface area (Å²) < 4.78 is 69.5. The van der Waals surface area contributed by atoms with Crippen LogP contribution in [0, 0.1) is 11.6 Å². The van der Waals surface area contributed by atoms with Crippen molar-refractivity contribution in [1.82, 2.24) is 9.88 Å². The number of alkyl halides is 1. The largest absolute Gasteiger partial charge is 0.380 e. The van der Waals surface area contributed by atoms with Gasteiger partial charge >= 0.3 is 0 Å². The van der Waals surface area contributed by atoms with E-state index in [0.717, 1.165) is 6.07 Å². The number of rotatable bonds is 8. The highest BCUT2D eigenvalue weighted by Crippen LogP contribution is 2.31. The monoisotopic (exact) mass is 502 g/mol. The van der Waals surface area contributed by atoms with Crippen molar-refractivity contribution in [2.75, 3.05) is 23.1 Å². The molecular formula is C20H18ClF3N4O2S2. The van der Waals surface area contributed by atoms with Crippen LogP contribution >= 0.6 is 22.9 Å². The van der Waals surface area contributed by atoms with Gasteiger partial charge in [-0.2, -0.15) is 0 Å². The molecule has 0 atom stereocenters. The lowest BCUT2D eigenvalue weighted by Crippen LogP contribution is -2.47. The Morgan fingerprint density at radius 3 is 2.69 bits per heavy atom. The molecule has 12 heteroatoms. The number of hydrogen-bond acceptors (Lipinski definition) is 6. The van der Waals surface area contributed by atoms with Crippen molar-refractivity contribution in [3.63, 3.8) is 0 Å². The molecule has 4 rings (SSSR count). The maximum Gasteiger partial charge on any atom is 0.266 e. The second-order valence-corrected chi connectivity index (χ2v) is 9.99. The van der Waals surface area contributed by atoms with Crippen molar-refractivity contribution >= 4 is 44.5 Å². The quantitative estimate of drug-likeness (QED) is 0.469. The van der Waals surface area contributed by atoms with Gasteiger partial charge in [0.05, 0.1) is 11.2 Å². The summed E-state index contributed by atoms with van der Waals surface area (Å²) in [5.74, 6) is -1.53. The summed E-state index contributed by atoms with van der Waals surface area (Å²) in [5, 5.41) is 3.89. The molecule has 3 aromatic rings. The first kappa shape index (κ1) is 22.8. The van der Waals surface area contributed by atoms with Gasteiger partial charge in [-0.05, 0) is 23.8 Å². The van der Waals surface area contributed by atoms with Crippen LogP contribution in [0.1, 0.15) is 11.1 Å². The van der Waals surface area contributed by atoms with Crippen molar-refractivity contribution in [3.05, 3.63) is 69.0 Å². The van der Waals surface area contributed by atoms with E-state index in [1.807, 2.05) is 4.90 Å². The molecule has 1 aliphatic rings. The van der Waals surface area contributed by atoms with Crippen LogP contribution < -0.4 is 10.0 Å². The number of likely N-dealkylation sites (tertiary alicyclic amines) is 1. The normalized spacial score (nSPS) is 14.9. The van der Waals surface area contributed by atoms with Crippen molar-refractivity contribution < 1.29 is 21.6 Å². The molecule has 0 spiro atoms. The smallest absolute Gasteiger partial charge is 0.266 e. The Labute approximate surface area is 192 Å². The Balaban J connectivity index is 1.52. The van der Waals surface area contributed by atoms with E-state index in [2.05, 4.69) is 15.0 Å². The molecule has 32 heavy (non-hydrogen) atoms. The zero-order valence-electron chi connectivity index (χ0n) is 16.5. The van der Waals surface area contributed by atoms with Gasteiger partial charge in [0.15, 0.2) is 11.6 Å². The Morgan fingerprint density at radius 1 is 1.22 bits per heavy atom. The first-order valence-electron chi connectivity index (χ1n) is 9.50. The van der Waals surface area contributed by atoms with Gasteiger partial charge in [0.1, 0.15) is 21.9 Å². The second kappa shape index (κ2) is 9.26. The molecule has 1 aliphatic heterocycles. The Kier molecular flexibility index (Phi) is 6.61. The van der Waals surface area contributed by atoms with Gasteiger partial charge in [-0.3, -0.25) is 9.62 Å². The highest BCUT2D eigenvalue weighted by molar-refractivity contribution is 7.92. The van der Waals surface area contributed by atoms with E-state index in [9.17, 15) is 21.6 Å². The lowest BCUT2D eigenvalue weighted by atomic mass is 10.0. The van der Waals surface area contributed by atoms with Gasteiger partial charge in [-0.15, -0.1) is 11.3 Å². The van der Waals surface area contributed by atoms with E-state index in [0.29, 0.717) is 30.8 Å². The summed E-state index contributed by atoms with van der Waals surface area (Å²) in [6.45, 7) is 0.963. The van der Waals surface area contributed by atoms with E-state index < -0.39 is 37.7 Å². The number of hydrogen-bond donors (Lipinski definition) is 2. The molecule has 2 N–H and O–H groups in total. The average molecular weight is 503 g/mol. The van der Waals surface area contributed by atoms with Gasteiger partial charge < -0.3 is 5.32 Å². The van der Waals surface area contributed by atoms with Crippen LogP contribution in [-0.4, -0.2) is 37.6 Å². The SMILES string of the molecule is O=S(=O)(Nc1cscn1)c1ccc(NCc2c(F)cccc2CN2CC(F)C2)c(Cl)c1F. The maximum atomic E-state index is 14.8. The van der Waals surface area contributed by atoms with E-state index in [1.54, 1.807) is 12.1 Å². The fourth-order valence-corrected chi connectivity index (χ4v) is 5.27. The minimum atomic E-state index is -4.24. The summed E-state index contributed by atoms with van der Waals surface area (Å²) in [6.07, 6.45) is -0.869. The summed E-state index contributed by atoms with van der Waals surface area (Å²) in [7, 11) is -4.24. The number of anilines is 2. The number of thiazole rings is 1. The van der Waals surface area contributed by atoms with Crippen LogP contribution in [0.3, 0.4) is 0 Å². The van der Waals surface area contributed by atoms with E-state index in [4.69, 9.17) is 11.6 Å². The fraction of sp³-hybridized carbons (Fsp3) is 0.250. The van der Waals surface area contributed by atoms with Crippen LogP contribution in [0.5, 0.6) is 0 Å². The topological polar surface area (TPSA) is 74.3 Å². The fourth-order valence-electron chi connectivity index (χ4n) is 3.34. The predicted octanol–water partition coefficient (Wildman–Crippen LogP) is 4.64. The van der Waals surface area contributed by atoms with Crippen LogP contribution in [0.25, 0.3) is 0 Å². The molecular weight excluding hydrogens is 485 g/mol. The molecule has 1 fully saturated rings. The Hall–Kier alpha value is -2.34. The summed E-state index contributed by atoms with van der Waals surface area (Å²) in [5.41, 5.74) is 2.56. The van der Waals surface area contributed by atoms with Gasteiger partial charge in [0, 0.05) is 37.1 Å². The third kappa shape index (κ3) is 4.85. The molecule has 170 valence electrons.